The molecule has 3 rings (SSSR count). The van der Waals surface area contributed by atoms with Gasteiger partial charge in [-0.25, -0.2) is 0 Å². The van der Waals surface area contributed by atoms with Crippen LogP contribution in [0.1, 0.15) is 17.3 Å². The number of nitrogens with one attached hydrogen (secondary N) is 3. The van der Waals surface area contributed by atoms with Gasteiger partial charge in [-0.2, -0.15) is 5.10 Å². The Morgan fingerprint density at radius 1 is 1.17 bits per heavy atom. The molecular formula is C17H16N4O3. The molecule has 3 N–H and O–H groups in total. The largest absolute Gasteiger partial charge is 0.472 e. The second-order valence-electron chi connectivity index (χ2n) is 5.24. The lowest BCUT2D eigenvalue weighted by Crippen LogP contribution is -2.41. The standard InChI is InChI=1S/C17H16N4O3/c1-11(19-17(23)13-7-9-24-10-13)16(22)20-14-4-2-12(3-5-14)15-6-8-18-21-15/h2-11H,1H3,(H,18,21)(H,19,23)(H,20,22)/t11-/m1/s1. The van der Waals surface area contributed by atoms with E-state index in [-0.39, 0.29) is 11.8 Å². The number of amides is 2. The lowest BCUT2D eigenvalue weighted by molar-refractivity contribution is -0.117. The Morgan fingerprint density at radius 3 is 2.58 bits per heavy atom. The molecule has 7 nitrogen and oxygen atoms in total. The summed E-state index contributed by atoms with van der Waals surface area (Å²) < 4.78 is 4.85. The molecule has 2 aromatic heterocycles. The molecule has 2 amide bonds. The van der Waals surface area contributed by atoms with Crippen molar-refractivity contribution >= 4 is 17.5 Å². The van der Waals surface area contributed by atoms with E-state index in [1.165, 1.54) is 18.6 Å². The molecule has 24 heavy (non-hydrogen) atoms. The van der Waals surface area contributed by atoms with Crippen molar-refractivity contribution in [3.63, 3.8) is 0 Å². The van der Waals surface area contributed by atoms with Gasteiger partial charge >= 0.3 is 0 Å². The minimum atomic E-state index is -0.681. The molecule has 1 aromatic carbocycles. The van der Waals surface area contributed by atoms with Gasteiger partial charge in [-0.3, -0.25) is 14.7 Å². The van der Waals surface area contributed by atoms with Gasteiger partial charge in [-0.05, 0) is 36.8 Å². The second kappa shape index (κ2) is 6.82. The molecule has 0 saturated carbocycles. The average Bonchev–Trinajstić information content (AvgIpc) is 3.29. The van der Waals surface area contributed by atoms with Gasteiger partial charge in [0.1, 0.15) is 12.3 Å². The van der Waals surface area contributed by atoms with Gasteiger partial charge in [0.15, 0.2) is 0 Å². The summed E-state index contributed by atoms with van der Waals surface area (Å²) in [7, 11) is 0. The zero-order chi connectivity index (χ0) is 16.9. The summed E-state index contributed by atoms with van der Waals surface area (Å²) in [5, 5.41) is 12.1. The highest BCUT2D eigenvalue weighted by atomic mass is 16.3. The number of anilines is 1. The fourth-order valence-electron chi connectivity index (χ4n) is 2.14. The fourth-order valence-corrected chi connectivity index (χ4v) is 2.14. The van der Waals surface area contributed by atoms with Crippen LogP contribution in [0.4, 0.5) is 5.69 Å². The normalized spacial score (nSPS) is 11.7. The first-order chi connectivity index (χ1) is 11.6. The van der Waals surface area contributed by atoms with Crippen LogP contribution in [0.3, 0.4) is 0 Å². The van der Waals surface area contributed by atoms with E-state index in [9.17, 15) is 9.59 Å². The van der Waals surface area contributed by atoms with E-state index in [1.54, 1.807) is 25.3 Å². The number of carbonyl (C=O) groups is 2. The van der Waals surface area contributed by atoms with Crippen LogP contribution in [0.5, 0.6) is 0 Å². The number of H-pyrrole nitrogens is 1. The van der Waals surface area contributed by atoms with Gasteiger partial charge in [-0.1, -0.05) is 12.1 Å². The minimum Gasteiger partial charge on any atom is -0.472 e. The molecule has 3 aromatic rings. The number of furan rings is 1. The van der Waals surface area contributed by atoms with Crippen molar-refractivity contribution in [1.82, 2.24) is 15.5 Å². The highest BCUT2D eigenvalue weighted by Crippen LogP contribution is 2.18. The number of aromatic nitrogens is 2. The van der Waals surface area contributed by atoms with Gasteiger partial charge in [-0.15, -0.1) is 0 Å². The van der Waals surface area contributed by atoms with E-state index >= 15 is 0 Å². The molecule has 0 fully saturated rings. The summed E-state index contributed by atoms with van der Waals surface area (Å²) >= 11 is 0. The molecule has 122 valence electrons. The summed E-state index contributed by atoms with van der Waals surface area (Å²) in [5.74, 6) is -0.665. The molecule has 1 atom stereocenters. The number of benzene rings is 1. The summed E-state index contributed by atoms with van der Waals surface area (Å²) in [6.45, 7) is 1.62. The van der Waals surface area contributed by atoms with Crippen LogP contribution in [-0.4, -0.2) is 28.1 Å². The molecule has 0 spiro atoms. The van der Waals surface area contributed by atoms with E-state index in [1.807, 2.05) is 18.2 Å². The van der Waals surface area contributed by atoms with Crippen molar-refractivity contribution in [2.24, 2.45) is 0 Å². The maximum Gasteiger partial charge on any atom is 0.255 e. The maximum absolute atomic E-state index is 12.2. The van der Waals surface area contributed by atoms with Crippen molar-refractivity contribution in [3.8, 4) is 11.3 Å². The molecule has 0 unspecified atom stereocenters. The molecule has 7 heteroatoms. The minimum absolute atomic E-state index is 0.305. The molecule has 2 heterocycles. The summed E-state index contributed by atoms with van der Waals surface area (Å²) in [4.78, 5) is 24.1. The van der Waals surface area contributed by atoms with Crippen molar-refractivity contribution < 1.29 is 14.0 Å². The number of hydrogen-bond acceptors (Lipinski definition) is 4. The van der Waals surface area contributed by atoms with Crippen LogP contribution in [0.15, 0.2) is 59.5 Å². The zero-order valence-corrected chi connectivity index (χ0v) is 12.9. The Labute approximate surface area is 138 Å². The van der Waals surface area contributed by atoms with Crippen molar-refractivity contribution in [1.29, 1.82) is 0 Å². The Bertz CT molecular complexity index is 808. The van der Waals surface area contributed by atoms with E-state index in [0.717, 1.165) is 11.3 Å². The molecule has 0 bridgehead atoms. The molecule has 0 radical (unpaired) electrons. The molecular weight excluding hydrogens is 308 g/mol. The summed E-state index contributed by atoms with van der Waals surface area (Å²) in [5.41, 5.74) is 2.88. The molecule has 0 aliphatic rings. The maximum atomic E-state index is 12.2. The predicted octanol–water partition coefficient (Wildman–Crippen LogP) is 2.43. The van der Waals surface area contributed by atoms with Gasteiger partial charge in [0.2, 0.25) is 5.91 Å². The summed E-state index contributed by atoms with van der Waals surface area (Å²) in [6.07, 6.45) is 4.41. The number of carbonyl (C=O) groups excluding carboxylic acids is 2. The third-order valence-electron chi connectivity index (χ3n) is 3.49. The predicted molar refractivity (Wildman–Crippen MR) is 88.3 cm³/mol. The Hall–Kier alpha value is -3.35. The first-order valence-corrected chi connectivity index (χ1v) is 7.37. The van der Waals surface area contributed by atoms with Crippen LogP contribution < -0.4 is 10.6 Å². The van der Waals surface area contributed by atoms with Crippen molar-refractivity contribution in [3.05, 3.63) is 60.7 Å². The monoisotopic (exact) mass is 324 g/mol. The third-order valence-corrected chi connectivity index (χ3v) is 3.49. The molecule has 0 aliphatic heterocycles. The summed E-state index contributed by atoms with van der Waals surface area (Å²) in [6, 6.07) is 10.0. The van der Waals surface area contributed by atoms with Gasteiger partial charge in [0, 0.05) is 11.9 Å². The van der Waals surface area contributed by atoms with E-state index < -0.39 is 6.04 Å². The SMILES string of the molecule is C[C@@H](NC(=O)c1ccoc1)C(=O)Nc1ccc(-c2ccn[nH]2)cc1. The van der Waals surface area contributed by atoms with Crippen molar-refractivity contribution in [2.75, 3.05) is 5.32 Å². The molecule has 0 aliphatic carbocycles. The number of rotatable bonds is 5. The van der Waals surface area contributed by atoms with E-state index in [0.29, 0.717) is 11.3 Å². The van der Waals surface area contributed by atoms with Gasteiger partial charge in [0.25, 0.3) is 5.91 Å². The zero-order valence-electron chi connectivity index (χ0n) is 12.9. The topological polar surface area (TPSA) is 100 Å². The molecule has 0 saturated heterocycles. The number of nitrogens with zero attached hydrogens (tertiary/aromatic N) is 1. The highest BCUT2D eigenvalue weighted by molar-refractivity contribution is 6.00. The Kier molecular flexibility index (Phi) is 4.42. The quantitative estimate of drug-likeness (QED) is 0.671. The number of hydrogen-bond donors (Lipinski definition) is 3. The van der Waals surface area contributed by atoms with E-state index in [2.05, 4.69) is 20.8 Å². The van der Waals surface area contributed by atoms with Crippen LogP contribution in [0, 0.1) is 0 Å². The lowest BCUT2D eigenvalue weighted by Gasteiger charge is -2.13. The lowest BCUT2D eigenvalue weighted by atomic mass is 10.1. The fraction of sp³-hybridized carbons (Fsp3) is 0.118. The second-order valence-corrected chi connectivity index (χ2v) is 5.24. The van der Waals surface area contributed by atoms with Crippen LogP contribution in [0.25, 0.3) is 11.3 Å². The Balaban J connectivity index is 1.59. The van der Waals surface area contributed by atoms with Gasteiger partial charge in [0.05, 0.1) is 17.5 Å². The van der Waals surface area contributed by atoms with Crippen LogP contribution >= 0.6 is 0 Å². The van der Waals surface area contributed by atoms with Gasteiger partial charge < -0.3 is 15.1 Å². The first-order valence-electron chi connectivity index (χ1n) is 7.37. The Morgan fingerprint density at radius 2 is 1.96 bits per heavy atom. The van der Waals surface area contributed by atoms with E-state index in [4.69, 9.17) is 4.42 Å². The third kappa shape index (κ3) is 3.52. The smallest absolute Gasteiger partial charge is 0.255 e. The highest BCUT2D eigenvalue weighted by Gasteiger charge is 2.17. The van der Waals surface area contributed by atoms with Crippen LogP contribution in [-0.2, 0) is 4.79 Å². The first kappa shape index (κ1) is 15.5. The average molecular weight is 324 g/mol. The van der Waals surface area contributed by atoms with Crippen LogP contribution in [0.2, 0.25) is 0 Å². The number of aromatic amines is 1. The van der Waals surface area contributed by atoms with Crippen molar-refractivity contribution in [2.45, 2.75) is 13.0 Å².